The quantitative estimate of drug-likeness (QED) is 0.340. The van der Waals surface area contributed by atoms with Crippen LogP contribution in [-0.4, -0.2) is 58.9 Å². The van der Waals surface area contributed by atoms with Crippen molar-refractivity contribution in [2.45, 2.75) is 124 Å². The second kappa shape index (κ2) is 15.2. The Morgan fingerprint density at radius 3 is 2.32 bits per heavy atom. The summed E-state index contributed by atoms with van der Waals surface area (Å²) in [5, 5.41) is 21.9. The molecule has 0 aromatic carbocycles. The predicted molar refractivity (Wildman–Crippen MR) is 118 cm³/mol. The van der Waals surface area contributed by atoms with Gasteiger partial charge in [-0.05, 0) is 51.0 Å². The normalized spacial score (nSPS) is 23.8. The molecular weight excluding hydrogens is 352 g/mol. The highest BCUT2D eigenvalue weighted by Crippen LogP contribution is 2.25. The van der Waals surface area contributed by atoms with E-state index in [0.29, 0.717) is 11.5 Å². The van der Waals surface area contributed by atoms with Crippen LogP contribution in [0.3, 0.4) is 0 Å². The molecule has 3 unspecified atom stereocenters. The molecule has 1 saturated heterocycles. The summed E-state index contributed by atoms with van der Waals surface area (Å²) in [6.07, 6.45) is 10.8. The maximum Gasteiger partial charge on any atom is 0.207 e. The molecule has 0 aromatic heterocycles. The van der Waals surface area contributed by atoms with E-state index in [1.54, 1.807) is 0 Å². The third kappa shape index (κ3) is 12.0. The van der Waals surface area contributed by atoms with Crippen LogP contribution in [0.5, 0.6) is 0 Å². The monoisotopic (exact) mass is 400 g/mol. The van der Waals surface area contributed by atoms with Gasteiger partial charge in [-0.25, -0.2) is 0 Å². The van der Waals surface area contributed by atoms with Crippen LogP contribution < -0.4 is 5.32 Å². The third-order valence-corrected chi connectivity index (χ3v) is 5.80. The third-order valence-electron chi connectivity index (χ3n) is 5.80. The molecule has 3 N–H and O–H groups in total. The molecule has 1 aliphatic rings. The van der Waals surface area contributed by atoms with Gasteiger partial charge in [0.2, 0.25) is 6.41 Å². The Balaban J connectivity index is 0.000000684. The van der Waals surface area contributed by atoms with Gasteiger partial charge in [-0.3, -0.25) is 9.69 Å². The average Bonchev–Trinajstić information content (AvgIpc) is 2.91. The molecule has 0 spiro atoms. The number of amides is 1. The number of rotatable bonds is 12. The summed E-state index contributed by atoms with van der Waals surface area (Å²) < 4.78 is 0. The van der Waals surface area contributed by atoms with Crippen molar-refractivity contribution < 1.29 is 15.0 Å². The van der Waals surface area contributed by atoms with Crippen molar-refractivity contribution in [2.75, 3.05) is 13.2 Å². The molecule has 5 nitrogen and oxygen atoms in total. The first-order valence-electron chi connectivity index (χ1n) is 11.4. The number of aliphatic hydroxyl groups excluding tert-OH is 2. The van der Waals surface area contributed by atoms with Crippen LogP contribution in [-0.2, 0) is 4.79 Å². The number of unbranched alkanes of at least 4 members (excludes halogenated alkanes) is 3. The Bertz CT molecular complexity index is 385. The van der Waals surface area contributed by atoms with E-state index in [4.69, 9.17) is 0 Å². The number of carbonyl (C=O) groups excluding carboxylic acids is 1. The van der Waals surface area contributed by atoms with Gasteiger partial charge >= 0.3 is 0 Å². The Labute approximate surface area is 174 Å². The van der Waals surface area contributed by atoms with Crippen LogP contribution in [0.4, 0.5) is 0 Å². The summed E-state index contributed by atoms with van der Waals surface area (Å²) in [5.41, 5.74) is 0.454. The van der Waals surface area contributed by atoms with Gasteiger partial charge < -0.3 is 15.5 Å². The first-order valence-corrected chi connectivity index (χ1v) is 11.4. The Kier molecular flexibility index (Phi) is 14.9. The van der Waals surface area contributed by atoms with E-state index in [2.05, 4.69) is 51.8 Å². The maximum atomic E-state index is 9.94. The van der Waals surface area contributed by atoms with Crippen LogP contribution in [0.15, 0.2) is 0 Å². The highest BCUT2D eigenvalue weighted by molar-refractivity contribution is 5.46. The molecule has 0 aliphatic carbocycles. The van der Waals surface area contributed by atoms with Gasteiger partial charge in [0.05, 0.1) is 12.7 Å². The molecule has 1 aliphatic heterocycles. The van der Waals surface area contributed by atoms with E-state index in [1.807, 2.05) is 0 Å². The fraction of sp³-hybridized carbons (Fsp3) is 0.957. The number of hydrogen-bond acceptors (Lipinski definition) is 4. The highest BCUT2D eigenvalue weighted by Gasteiger charge is 2.36. The molecule has 28 heavy (non-hydrogen) atoms. The van der Waals surface area contributed by atoms with E-state index >= 15 is 0 Å². The molecule has 0 aromatic rings. The van der Waals surface area contributed by atoms with Crippen molar-refractivity contribution >= 4 is 6.41 Å². The number of carbonyl (C=O) groups is 1. The zero-order chi connectivity index (χ0) is 21.6. The van der Waals surface area contributed by atoms with Crippen molar-refractivity contribution in [2.24, 2.45) is 5.41 Å². The van der Waals surface area contributed by atoms with Gasteiger partial charge in [-0.2, -0.15) is 0 Å². The first kappa shape index (κ1) is 27.4. The number of hydrogen-bond donors (Lipinski definition) is 3. The summed E-state index contributed by atoms with van der Waals surface area (Å²) >= 11 is 0. The Morgan fingerprint density at radius 1 is 1.18 bits per heavy atom. The lowest BCUT2D eigenvalue weighted by atomic mass is 9.89. The summed E-state index contributed by atoms with van der Waals surface area (Å²) in [5.74, 6) is 0. The molecule has 1 fully saturated rings. The fourth-order valence-electron chi connectivity index (χ4n) is 3.88. The molecular formula is C23H48N2O3. The van der Waals surface area contributed by atoms with E-state index in [-0.39, 0.29) is 24.8 Å². The van der Waals surface area contributed by atoms with Crippen LogP contribution >= 0.6 is 0 Å². The Morgan fingerprint density at radius 2 is 1.82 bits per heavy atom. The lowest BCUT2D eigenvalue weighted by Crippen LogP contribution is -2.39. The van der Waals surface area contributed by atoms with Crippen molar-refractivity contribution in [3.8, 4) is 0 Å². The second-order valence-corrected chi connectivity index (χ2v) is 9.52. The van der Waals surface area contributed by atoms with Crippen molar-refractivity contribution in [3.05, 3.63) is 0 Å². The van der Waals surface area contributed by atoms with Gasteiger partial charge in [0, 0.05) is 18.1 Å². The topological polar surface area (TPSA) is 72.8 Å². The molecule has 1 heterocycles. The average molecular weight is 401 g/mol. The van der Waals surface area contributed by atoms with Crippen molar-refractivity contribution in [1.82, 2.24) is 10.2 Å². The van der Waals surface area contributed by atoms with E-state index in [9.17, 15) is 15.0 Å². The summed E-state index contributed by atoms with van der Waals surface area (Å²) in [7, 11) is 0. The minimum absolute atomic E-state index is 0.166. The molecule has 0 bridgehead atoms. The van der Waals surface area contributed by atoms with Crippen molar-refractivity contribution in [1.29, 1.82) is 0 Å². The summed E-state index contributed by atoms with van der Waals surface area (Å²) in [4.78, 5) is 12.2. The maximum absolute atomic E-state index is 9.94. The summed E-state index contributed by atoms with van der Waals surface area (Å²) in [6, 6.07) is 0.763. The second-order valence-electron chi connectivity index (χ2n) is 9.52. The molecule has 168 valence electrons. The van der Waals surface area contributed by atoms with Crippen LogP contribution in [0.2, 0.25) is 0 Å². The number of nitrogens with zero attached hydrogens (tertiary/aromatic N) is 1. The number of nitrogens with one attached hydrogen (secondary N) is 1. The molecule has 5 heteroatoms. The van der Waals surface area contributed by atoms with E-state index in [0.717, 1.165) is 38.6 Å². The largest absolute Gasteiger partial charge is 0.395 e. The van der Waals surface area contributed by atoms with Gasteiger partial charge in [-0.15, -0.1) is 0 Å². The molecule has 4 atom stereocenters. The molecule has 0 saturated carbocycles. The SMILES string of the molecule is CCCC(CC)NC=O.C[C@@H]1C(O)CC(CO)N1CCCCCCC(C)(C)C. The minimum atomic E-state index is -0.266. The fourth-order valence-corrected chi connectivity index (χ4v) is 3.88. The van der Waals surface area contributed by atoms with Gasteiger partial charge in [0.25, 0.3) is 0 Å². The Hall–Kier alpha value is -0.650. The van der Waals surface area contributed by atoms with Gasteiger partial charge in [-0.1, -0.05) is 60.3 Å². The van der Waals surface area contributed by atoms with Crippen LogP contribution in [0.1, 0.15) is 99.3 Å². The zero-order valence-electron chi connectivity index (χ0n) is 19.4. The first-order chi connectivity index (χ1) is 13.2. The van der Waals surface area contributed by atoms with Gasteiger partial charge in [0.1, 0.15) is 0 Å². The number of likely N-dealkylation sites (tertiary alicyclic amines) is 1. The number of aliphatic hydroxyl groups is 2. The highest BCUT2D eigenvalue weighted by atomic mass is 16.3. The van der Waals surface area contributed by atoms with Gasteiger partial charge in [0.15, 0.2) is 0 Å². The van der Waals surface area contributed by atoms with E-state index < -0.39 is 0 Å². The molecule has 0 radical (unpaired) electrons. The summed E-state index contributed by atoms with van der Waals surface area (Å²) in [6.45, 7) is 14.3. The van der Waals surface area contributed by atoms with Crippen LogP contribution in [0, 0.1) is 5.41 Å². The van der Waals surface area contributed by atoms with Crippen LogP contribution in [0.25, 0.3) is 0 Å². The molecule has 1 amide bonds. The molecule has 1 rings (SSSR count). The van der Waals surface area contributed by atoms with Crippen molar-refractivity contribution in [3.63, 3.8) is 0 Å². The standard InChI is InChI=1S/C16H33NO2.C7H15NO/c1-13-15(19)11-14(12-18)17(13)10-8-6-5-7-9-16(2,3)4;1-3-5-7(4-2)8-6-9/h13-15,18-19H,5-12H2,1-4H3;6-7H,3-5H2,1-2H3,(H,8,9)/t13-,14?,15?;/m1./s1. The lowest BCUT2D eigenvalue weighted by Gasteiger charge is -2.27. The lowest BCUT2D eigenvalue weighted by molar-refractivity contribution is -0.110. The zero-order valence-corrected chi connectivity index (χ0v) is 19.4. The minimum Gasteiger partial charge on any atom is -0.395 e. The van der Waals surface area contributed by atoms with E-state index in [1.165, 1.54) is 32.1 Å². The predicted octanol–water partition coefficient (Wildman–Crippen LogP) is 4.11. The smallest absolute Gasteiger partial charge is 0.207 e.